The molecule has 28 heavy (non-hydrogen) atoms. The van der Waals surface area contributed by atoms with Gasteiger partial charge in [-0.3, -0.25) is 9.89 Å². The van der Waals surface area contributed by atoms with Gasteiger partial charge in [0, 0.05) is 33.2 Å². The maximum atomic E-state index is 5.55. The van der Waals surface area contributed by atoms with E-state index in [2.05, 4.69) is 47.8 Å². The van der Waals surface area contributed by atoms with Crippen LogP contribution in [0.4, 0.5) is 0 Å². The summed E-state index contributed by atoms with van der Waals surface area (Å²) in [6.07, 6.45) is 4.07. The van der Waals surface area contributed by atoms with E-state index in [1.165, 1.54) is 5.56 Å². The molecule has 1 heterocycles. The van der Waals surface area contributed by atoms with Crippen LogP contribution in [0.5, 0.6) is 5.75 Å². The monoisotopic (exact) mass is 388 g/mol. The van der Waals surface area contributed by atoms with Crippen molar-refractivity contribution in [3.05, 3.63) is 42.5 Å². The van der Waals surface area contributed by atoms with Crippen molar-refractivity contribution in [2.75, 3.05) is 60.1 Å². The fourth-order valence-corrected chi connectivity index (χ4v) is 3.37. The molecule has 0 bridgehead atoms. The minimum atomic E-state index is 0.227. The van der Waals surface area contributed by atoms with Gasteiger partial charge in [0.05, 0.1) is 32.9 Å². The zero-order valence-corrected chi connectivity index (χ0v) is 17.7. The zero-order chi connectivity index (χ0) is 20.2. The SMILES string of the molecule is C=CCCCN(C)C(=NCC(c1ccc(OC)cc1)N1CCOCC1)NCC. The Morgan fingerprint density at radius 1 is 1.36 bits per heavy atom. The van der Waals surface area contributed by atoms with Gasteiger partial charge in [0.15, 0.2) is 5.96 Å². The molecule has 0 aromatic heterocycles. The van der Waals surface area contributed by atoms with Crippen LogP contribution >= 0.6 is 0 Å². The van der Waals surface area contributed by atoms with Crippen LogP contribution in [0.25, 0.3) is 0 Å². The number of nitrogens with zero attached hydrogens (tertiary/aromatic N) is 3. The number of benzene rings is 1. The molecule has 1 aromatic carbocycles. The van der Waals surface area contributed by atoms with Gasteiger partial charge >= 0.3 is 0 Å². The molecule has 6 heteroatoms. The van der Waals surface area contributed by atoms with Crippen molar-refractivity contribution in [1.82, 2.24) is 15.1 Å². The Labute approximate surface area is 170 Å². The lowest BCUT2D eigenvalue weighted by Crippen LogP contribution is -2.42. The number of unbranched alkanes of at least 4 members (excludes halogenated alkanes) is 1. The lowest BCUT2D eigenvalue weighted by atomic mass is 10.0. The van der Waals surface area contributed by atoms with Crippen LogP contribution in [0.15, 0.2) is 41.9 Å². The zero-order valence-electron chi connectivity index (χ0n) is 17.7. The minimum absolute atomic E-state index is 0.227. The topological polar surface area (TPSA) is 49.3 Å². The van der Waals surface area contributed by atoms with Crippen molar-refractivity contribution in [3.8, 4) is 5.75 Å². The molecule has 0 saturated carbocycles. The Kier molecular flexibility index (Phi) is 9.86. The first-order chi connectivity index (χ1) is 13.7. The molecule has 1 aliphatic rings. The smallest absolute Gasteiger partial charge is 0.193 e. The molecule has 1 fully saturated rings. The second-order valence-corrected chi connectivity index (χ2v) is 6.98. The molecule has 0 radical (unpaired) electrons. The summed E-state index contributed by atoms with van der Waals surface area (Å²) in [5.41, 5.74) is 1.26. The third kappa shape index (κ3) is 6.84. The van der Waals surface area contributed by atoms with E-state index in [1.54, 1.807) is 7.11 Å². The van der Waals surface area contributed by atoms with E-state index < -0.39 is 0 Å². The number of guanidine groups is 1. The van der Waals surface area contributed by atoms with E-state index in [0.717, 1.165) is 63.9 Å². The number of hydrogen-bond donors (Lipinski definition) is 1. The molecule has 0 spiro atoms. The number of morpholine rings is 1. The Balaban J connectivity index is 2.15. The van der Waals surface area contributed by atoms with Crippen molar-refractivity contribution in [2.45, 2.75) is 25.8 Å². The molecule has 1 atom stereocenters. The molecule has 156 valence electrons. The largest absolute Gasteiger partial charge is 0.497 e. The lowest BCUT2D eigenvalue weighted by Gasteiger charge is -2.34. The first kappa shape index (κ1) is 22.2. The van der Waals surface area contributed by atoms with Gasteiger partial charge in [0.2, 0.25) is 0 Å². The van der Waals surface area contributed by atoms with Crippen molar-refractivity contribution in [3.63, 3.8) is 0 Å². The molecule has 0 aliphatic carbocycles. The number of ether oxygens (including phenoxy) is 2. The van der Waals surface area contributed by atoms with Crippen molar-refractivity contribution >= 4 is 5.96 Å². The average molecular weight is 389 g/mol. The number of methoxy groups -OCH3 is 1. The molecule has 1 aliphatic heterocycles. The predicted molar refractivity (Wildman–Crippen MR) is 116 cm³/mol. The highest BCUT2D eigenvalue weighted by atomic mass is 16.5. The van der Waals surface area contributed by atoms with Crippen LogP contribution in [0, 0.1) is 0 Å². The first-order valence-corrected chi connectivity index (χ1v) is 10.3. The average Bonchev–Trinajstić information content (AvgIpc) is 2.74. The van der Waals surface area contributed by atoms with Crippen LogP contribution < -0.4 is 10.1 Å². The maximum Gasteiger partial charge on any atom is 0.193 e. The highest BCUT2D eigenvalue weighted by Gasteiger charge is 2.23. The summed E-state index contributed by atoms with van der Waals surface area (Å²) in [6, 6.07) is 8.58. The van der Waals surface area contributed by atoms with Gasteiger partial charge in [-0.15, -0.1) is 6.58 Å². The van der Waals surface area contributed by atoms with E-state index in [-0.39, 0.29) is 6.04 Å². The highest BCUT2D eigenvalue weighted by Crippen LogP contribution is 2.24. The van der Waals surface area contributed by atoms with Gasteiger partial charge in [-0.25, -0.2) is 0 Å². The number of nitrogens with one attached hydrogen (secondary N) is 1. The van der Waals surface area contributed by atoms with Gasteiger partial charge in [-0.1, -0.05) is 18.2 Å². The minimum Gasteiger partial charge on any atom is -0.497 e. The van der Waals surface area contributed by atoms with Gasteiger partial charge in [-0.2, -0.15) is 0 Å². The van der Waals surface area contributed by atoms with Crippen molar-refractivity contribution in [1.29, 1.82) is 0 Å². The van der Waals surface area contributed by atoms with Gasteiger partial charge in [-0.05, 0) is 37.5 Å². The molecule has 1 aromatic rings. The first-order valence-electron chi connectivity index (χ1n) is 10.3. The van der Waals surface area contributed by atoms with E-state index in [4.69, 9.17) is 14.5 Å². The second kappa shape index (κ2) is 12.4. The van der Waals surface area contributed by atoms with Crippen LogP contribution in [0.3, 0.4) is 0 Å². The summed E-state index contributed by atoms with van der Waals surface area (Å²) < 4.78 is 10.9. The number of rotatable bonds is 10. The molecular weight excluding hydrogens is 352 g/mol. The van der Waals surface area contributed by atoms with Gasteiger partial charge in [0.25, 0.3) is 0 Å². The molecule has 2 rings (SSSR count). The number of allylic oxidation sites excluding steroid dienone is 1. The predicted octanol–water partition coefficient (Wildman–Crippen LogP) is 2.93. The van der Waals surface area contributed by atoms with Crippen LogP contribution in [0.2, 0.25) is 0 Å². The molecule has 1 N–H and O–H groups in total. The van der Waals surface area contributed by atoms with Crippen molar-refractivity contribution < 1.29 is 9.47 Å². The van der Waals surface area contributed by atoms with Crippen molar-refractivity contribution in [2.24, 2.45) is 4.99 Å². The molecule has 0 amide bonds. The summed E-state index contributed by atoms with van der Waals surface area (Å²) in [7, 11) is 3.80. The Bertz CT molecular complexity index is 597. The fraction of sp³-hybridized carbons (Fsp3) is 0.591. The summed E-state index contributed by atoms with van der Waals surface area (Å²) in [5, 5.41) is 3.42. The van der Waals surface area contributed by atoms with E-state index in [0.29, 0.717) is 6.54 Å². The quantitative estimate of drug-likeness (QED) is 0.289. The number of aliphatic imine (C=N–C) groups is 1. The number of hydrogen-bond acceptors (Lipinski definition) is 4. The Morgan fingerprint density at radius 3 is 2.68 bits per heavy atom. The van der Waals surface area contributed by atoms with Crippen LogP contribution in [-0.2, 0) is 4.74 Å². The summed E-state index contributed by atoms with van der Waals surface area (Å²) in [5.74, 6) is 1.83. The molecule has 1 saturated heterocycles. The normalized spacial score (nSPS) is 16.5. The molecule has 6 nitrogen and oxygen atoms in total. The summed E-state index contributed by atoms with van der Waals surface area (Å²) in [4.78, 5) is 9.65. The van der Waals surface area contributed by atoms with Gasteiger partial charge < -0.3 is 19.7 Å². The third-order valence-electron chi connectivity index (χ3n) is 5.00. The van der Waals surface area contributed by atoms with E-state index in [9.17, 15) is 0 Å². The van der Waals surface area contributed by atoms with E-state index >= 15 is 0 Å². The standard InChI is InChI=1S/C22H36N4O2/c1-5-7-8-13-25(3)22(23-6-2)24-18-21(26-14-16-28-17-15-26)19-9-11-20(27-4)12-10-19/h5,9-12,21H,1,6-8,13-18H2,2-4H3,(H,23,24). The van der Waals surface area contributed by atoms with Crippen LogP contribution in [0.1, 0.15) is 31.4 Å². The molecule has 1 unspecified atom stereocenters. The maximum absolute atomic E-state index is 5.55. The highest BCUT2D eigenvalue weighted by molar-refractivity contribution is 5.79. The fourth-order valence-electron chi connectivity index (χ4n) is 3.37. The summed E-state index contributed by atoms with van der Waals surface area (Å²) in [6.45, 7) is 11.8. The Morgan fingerprint density at radius 2 is 2.07 bits per heavy atom. The third-order valence-corrected chi connectivity index (χ3v) is 5.00. The Hall–Kier alpha value is -2.05. The lowest BCUT2D eigenvalue weighted by molar-refractivity contribution is 0.0179. The summed E-state index contributed by atoms with van der Waals surface area (Å²) >= 11 is 0. The van der Waals surface area contributed by atoms with E-state index in [1.807, 2.05) is 18.2 Å². The van der Waals surface area contributed by atoms with Gasteiger partial charge in [0.1, 0.15) is 5.75 Å². The second-order valence-electron chi connectivity index (χ2n) is 6.98. The van der Waals surface area contributed by atoms with Crippen LogP contribution in [-0.4, -0.2) is 75.9 Å². The molecular formula is C22H36N4O2.